The number of methoxy groups -OCH3 is 1. The highest BCUT2D eigenvalue weighted by atomic mass is 35.5. The smallest absolute Gasteiger partial charge is 0.264 e. The molecule has 0 heterocycles. The highest BCUT2D eigenvalue weighted by Gasteiger charge is 2.34. The van der Waals surface area contributed by atoms with Gasteiger partial charge in [-0.3, -0.25) is 13.9 Å². The molecule has 40 heavy (non-hydrogen) atoms. The predicted molar refractivity (Wildman–Crippen MR) is 153 cm³/mol. The second-order valence-electron chi connectivity index (χ2n) is 9.38. The number of ether oxygens (including phenoxy) is 1. The molecule has 3 rings (SSSR count). The molecule has 0 bridgehead atoms. The van der Waals surface area contributed by atoms with E-state index < -0.39 is 34.3 Å². The molecule has 0 saturated heterocycles. The van der Waals surface area contributed by atoms with Crippen molar-refractivity contribution in [1.82, 2.24) is 10.2 Å². The van der Waals surface area contributed by atoms with Crippen LogP contribution in [0.1, 0.15) is 32.8 Å². The third-order valence-corrected chi connectivity index (χ3v) is 8.18. The normalized spacial score (nSPS) is 12.1. The minimum absolute atomic E-state index is 0.00427. The lowest BCUT2D eigenvalue weighted by Gasteiger charge is -2.33. The van der Waals surface area contributed by atoms with Gasteiger partial charge in [0, 0.05) is 12.6 Å². The molecular formula is C29H33ClFN3O5S. The third-order valence-electron chi connectivity index (χ3n) is 6.11. The van der Waals surface area contributed by atoms with Crippen LogP contribution in [0.4, 0.5) is 10.1 Å². The van der Waals surface area contributed by atoms with Gasteiger partial charge in [0.15, 0.2) is 0 Å². The highest BCUT2D eigenvalue weighted by molar-refractivity contribution is 7.92. The molecule has 3 aromatic rings. The summed E-state index contributed by atoms with van der Waals surface area (Å²) in [6.45, 7) is 4.75. The molecule has 0 aromatic heterocycles. The summed E-state index contributed by atoms with van der Waals surface area (Å²) in [6.07, 6.45) is 0.280. The minimum Gasteiger partial charge on any atom is -0.497 e. The average Bonchev–Trinajstić information content (AvgIpc) is 2.93. The molecule has 1 N–H and O–H groups in total. The predicted octanol–water partition coefficient (Wildman–Crippen LogP) is 5.02. The van der Waals surface area contributed by atoms with E-state index in [0.29, 0.717) is 11.3 Å². The van der Waals surface area contributed by atoms with E-state index in [9.17, 15) is 22.4 Å². The summed E-state index contributed by atoms with van der Waals surface area (Å²) in [5.41, 5.74) is 0.690. The van der Waals surface area contributed by atoms with E-state index in [1.54, 1.807) is 49.4 Å². The fourth-order valence-electron chi connectivity index (χ4n) is 4.16. The van der Waals surface area contributed by atoms with Gasteiger partial charge in [0.2, 0.25) is 11.8 Å². The van der Waals surface area contributed by atoms with Crippen molar-refractivity contribution in [2.24, 2.45) is 0 Å². The molecule has 0 radical (unpaired) electrons. The number of anilines is 1. The van der Waals surface area contributed by atoms with Crippen LogP contribution in [0.3, 0.4) is 0 Å². The van der Waals surface area contributed by atoms with Crippen molar-refractivity contribution in [1.29, 1.82) is 0 Å². The Hall–Kier alpha value is -3.63. The van der Waals surface area contributed by atoms with Crippen LogP contribution in [-0.4, -0.2) is 50.9 Å². The zero-order chi connectivity index (χ0) is 29.4. The van der Waals surface area contributed by atoms with Crippen LogP contribution in [0.25, 0.3) is 0 Å². The largest absolute Gasteiger partial charge is 0.497 e. The van der Waals surface area contributed by atoms with Crippen LogP contribution in [0.2, 0.25) is 5.02 Å². The summed E-state index contributed by atoms with van der Waals surface area (Å²) in [7, 11) is -2.76. The molecule has 1 atom stereocenters. The van der Waals surface area contributed by atoms with Crippen molar-refractivity contribution >= 4 is 39.1 Å². The summed E-state index contributed by atoms with van der Waals surface area (Å²) >= 11 is 6.00. The zero-order valence-corrected chi connectivity index (χ0v) is 24.4. The number of nitrogens with one attached hydrogen (secondary N) is 1. The lowest BCUT2D eigenvalue weighted by molar-refractivity contribution is -0.140. The first-order valence-corrected chi connectivity index (χ1v) is 14.5. The number of nitrogens with zero attached hydrogens (tertiary/aromatic N) is 2. The van der Waals surface area contributed by atoms with E-state index in [0.717, 1.165) is 16.4 Å². The van der Waals surface area contributed by atoms with Crippen molar-refractivity contribution in [3.8, 4) is 5.75 Å². The monoisotopic (exact) mass is 589 g/mol. The van der Waals surface area contributed by atoms with Crippen LogP contribution >= 0.6 is 11.6 Å². The molecule has 2 amide bonds. The van der Waals surface area contributed by atoms with E-state index in [2.05, 4.69) is 5.32 Å². The Balaban J connectivity index is 2.08. The number of hydrogen-bond acceptors (Lipinski definition) is 5. The topological polar surface area (TPSA) is 96.0 Å². The second kappa shape index (κ2) is 13.6. The number of benzene rings is 3. The number of hydrogen-bond donors (Lipinski definition) is 1. The van der Waals surface area contributed by atoms with Crippen LogP contribution in [0, 0.1) is 5.82 Å². The molecule has 3 aromatic carbocycles. The van der Waals surface area contributed by atoms with Gasteiger partial charge in [-0.2, -0.15) is 0 Å². The van der Waals surface area contributed by atoms with Crippen molar-refractivity contribution in [3.63, 3.8) is 0 Å². The van der Waals surface area contributed by atoms with Crippen LogP contribution < -0.4 is 14.4 Å². The van der Waals surface area contributed by atoms with Gasteiger partial charge in [-0.1, -0.05) is 48.9 Å². The van der Waals surface area contributed by atoms with Gasteiger partial charge in [-0.05, 0) is 68.3 Å². The van der Waals surface area contributed by atoms with Gasteiger partial charge in [-0.15, -0.1) is 0 Å². The van der Waals surface area contributed by atoms with Crippen molar-refractivity contribution < 1.29 is 27.1 Å². The van der Waals surface area contributed by atoms with E-state index in [1.165, 1.54) is 30.2 Å². The molecular weight excluding hydrogens is 557 g/mol. The van der Waals surface area contributed by atoms with Crippen LogP contribution in [-0.2, 0) is 26.2 Å². The van der Waals surface area contributed by atoms with Crippen molar-refractivity contribution in [2.75, 3.05) is 18.0 Å². The molecule has 0 saturated carbocycles. The van der Waals surface area contributed by atoms with E-state index in [-0.39, 0.29) is 40.5 Å². The fourth-order valence-corrected chi connectivity index (χ4v) is 5.76. The lowest BCUT2D eigenvalue weighted by Crippen LogP contribution is -2.53. The lowest BCUT2D eigenvalue weighted by atomic mass is 10.1. The van der Waals surface area contributed by atoms with Crippen LogP contribution in [0.15, 0.2) is 77.7 Å². The summed E-state index contributed by atoms with van der Waals surface area (Å²) < 4.78 is 47.7. The van der Waals surface area contributed by atoms with Gasteiger partial charge in [0.25, 0.3) is 10.0 Å². The summed E-state index contributed by atoms with van der Waals surface area (Å²) in [5.74, 6) is -1.16. The first-order valence-electron chi connectivity index (χ1n) is 12.7. The van der Waals surface area contributed by atoms with E-state index >= 15 is 0 Å². The quantitative estimate of drug-likeness (QED) is 0.320. The Morgan fingerprint density at radius 1 is 1.02 bits per heavy atom. The summed E-state index contributed by atoms with van der Waals surface area (Å²) in [4.78, 5) is 28.5. The minimum atomic E-state index is -4.28. The average molecular weight is 590 g/mol. The maximum Gasteiger partial charge on any atom is 0.264 e. The molecule has 214 valence electrons. The second-order valence-corrected chi connectivity index (χ2v) is 11.7. The maximum absolute atomic E-state index is 14.0. The van der Waals surface area contributed by atoms with Crippen LogP contribution in [0.5, 0.6) is 5.75 Å². The van der Waals surface area contributed by atoms with E-state index in [1.807, 2.05) is 13.8 Å². The Morgan fingerprint density at radius 2 is 1.73 bits per heavy atom. The Labute approximate surface area is 239 Å². The maximum atomic E-state index is 14.0. The number of halogens is 2. The Kier molecular flexibility index (Phi) is 10.5. The van der Waals surface area contributed by atoms with Gasteiger partial charge in [0.05, 0.1) is 22.7 Å². The number of sulfonamides is 1. The molecule has 0 spiro atoms. The summed E-state index contributed by atoms with van der Waals surface area (Å²) in [5, 5.41) is 2.55. The van der Waals surface area contributed by atoms with Crippen molar-refractivity contribution in [2.45, 2.75) is 50.7 Å². The van der Waals surface area contributed by atoms with Gasteiger partial charge >= 0.3 is 0 Å². The molecule has 0 aliphatic carbocycles. The van der Waals surface area contributed by atoms with Gasteiger partial charge in [-0.25, -0.2) is 12.8 Å². The zero-order valence-electron chi connectivity index (χ0n) is 22.8. The molecule has 0 aliphatic rings. The van der Waals surface area contributed by atoms with Gasteiger partial charge in [0.1, 0.15) is 24.2 Å². The molecule has 8 nitrogen and oxygen atoms in total. The highest BCUT2D eigenvalue weighted by Crippen LogP contribution is 2.28. The SMILES string of the molecule is CC[C@@H](C(=O)NC(C)C)N(Cc1cccc(OC)c1)C(=O)CN(c1ccc(F)c(Cl)c1)S(=O)(=O)c1ccccc1. The Bertz CT molecular complexity index is 1440. The number of amides is 2. The van der Waals surface area contributed by atoms with E-state index in [4.69, 9.17) is 16.3 Å². The first-order chi connectivity index (χ1) is 19.0. The molecule has 0 unspecified atom stereocenters. The molecule has 11 heteroatoms. The Morgan fingerprint density at radius 3 is 2.33 bits per heavy atom. The molecule has 0 aliphatic heterocycles. The number of carbonyl (C=O) groups excluding carboxylic acids is 2. The van der Waals surface area contributed by atoms with Gasteiger partial charge < -0.3 is 15.0 Å². The summed E-state index contributed by atoms with van der Waals surface area (Å²) in [6, 6.07) is 17.0. The van der Waals surface area contributed by atoms with Crippen molar-refractivity contribution in [3.05, 3.63) is 89.2 Å². The third kappa shape index (κ3) is 7.51. The number of rotatable bonds is 12. The number of carbonyl (C=O) groups is 2. The first kappa shape index (κ1) is 30.9. The standard InChI is InChI=1S/C29H33ClFN3O5S/c1-5-27(29(36)32-20(2)3)33(18-21-10-9-11-23(16-21)39-4)28(35)19-34(22-14-15-26(31)25(30)17-22)40(37,38)24-12-7-6-8-13-24/h6-17,20,27H,5,18-19H2,1-4H3,(H,32,36)/t27-/m0/s1. The fraction of sp³-hybridized carbons (Fsp3) is 0.310. The molecule has 0 fully saturated rings.